The van der Waals surface area contributed by atoms with E-state index >= 15 is 0 Å². The lowest BCUT2D eigenvalue weighted by molar-refractivity contribution is -0.0584. The molecule has 0 unspecified atom stereocenters. The van der Waals surface area contributed by atoms with Crippen LogP contribution in [0.3, 0.4) is 0 Å². The monoisotopic (exact) mass is 326 g/mol. The van der Waals surface area contributed by atoms with Gasteiger partial charge in [0, 0.05) is 11.8 Å². The minimum Gasteiger partial charge on any atom is -0.326 e. The number of fused-ring (bicyclic) bond motifs is 1. The van der Waals surface area contributed by atoms with E-state index in [4.69, 9.17) is 4.84 Å². The molecule has 0 spiro atoms. The molecule has 0 radical (unpaired) electrons. The number of rotatable bonds is 3. The van der Waals surface area contributed by atoms with Crippen LogP contribution in [0.25, 0.3) is 0 Å². The number of nitrogens with zero attached hydrogens (tertiary/aromatic N) is 1. The molecule has 0 aliphatic carbocycles. The summed E-state index contributed by atoms with van der Waals surface area (Å²) < 4.78 is 0. The topological polar surface area (TPSA) is 96.5 Å². The first-order valence-corrected chi connectivity index (χ1v) is 7.33. The van der Waals surface area contributed by atoms with Crippen LogP contribution in [0.4, 0.5) is 0 Å². The number of carbonyl (C=O) groups excluding carboxylic acids is 3. The highest BCUT2D eigenvalue weighted by Gasteiger charge is 2.38. The lowest BCUT2D eigenvalue weighted by Gasteiger charge is -2.13. The van der Waals surface area contributed by atoms with Crippen molar-refractivity contribution >= 4 is 17.8 Å². The van der Waals surface area contributed by atoms with E-state index in [1.807, 2.05) is 13.8 Å². The Morgan fingerprint density at radius 3 is 2.17 bits per heavy atom. The molecule has 1 aliphatic heterocycles. The molecule has 2 aromatic rings. The number of aromatic nitrogens is 1. The maximum atomic E-state index is 12.2. The molecule has 1 aromatic heterocycles. The fourth-order valence-corrected chi connectivity index (χ4v) is 2.38. The van der Waals surface area contributed by atoms with Crippen LogP contribution in [0.15, 0.2) is 41.2 Å². The van der Waals surface area contributed by atoms with Crippen LogP contribution in [0.1, 0.15) is 56.5 Å². The number of amides is 2. The minimum absolute atomic E-state index is 0.00949. The largest absolute Gasteiger partial charge is 0.364 e. The second-order valence-corrected chi connectivity index (χ2v) is 5.67. The molecule has 3 rings (SSSR count). The Labute approximate surface area is 136 Å². The van der Waals surface area contributed by atoms with Crippen molar-refractivity contribution in [3.63, 3.8) is 0 Å². The fourth-order valence-electron chi connectivity index (χ4n) is 2.38. The van der Waals surface area contributed by atoms with Crippen molar-refractivity contribution in [3.8, 4) is 0 Å². The van der Waals surface area contributed by atoms with Crippen molar-refractivity contribution in [2.24, 2.45) is 0 Å². The first-order chi connectivity index (χ1) is 11.4. The van der Waals surface area contributed by atoms with Crippen LogP contribution >= 0.6 is 0 Å². The number of hydrogen-bond donors (Lipinski definition) is 1. The van der Waals surface area contributed by atoms with Crippen LogP contribution in [0.5, 0.6) is 0 Å². The van der Waals surface area contributed by atoms with Crippen LogP contribution in [0, 0.1) is 0 Å². The number of benzene rings is 1. The van der Waals surface area contributed by atoms with Gasteiger partial charge in [0.2, 0.25) is 5.56 Å². The molecule has 1 aromatic carbocycles. The van der Waals surface area contributed by atoms with Crippen molar-refractivity contribution in [1.82, 2.24) is 10.0 Å². The lowest BCUT2D eigenvalue weighted by atomic mass is 10.1. The zero-order valence-corrected chi connectivity index (χ0v) is 13.0. The molecule has 0 saturated carbocycles. The Balaban J connectivity index is 1.88. The zero-order chi connectivity index (χ0) is 17.4. The average Bonchev–Trinajstić information content (AvgIpc) is 2.79. The van der Waals surface area contributed by atoms with Gasteiger partial charge in [-0.3, -0.25) is 14.4 Å². The molecular weight excluding hydrogens is 312 g/mol. The van der Waals surface area contributed by atoms with Crippen LogP contribution in [-0.2, 0) is 4.84 Å². The van der Waals surface area contributed by atoms with E-state index in [1.54, 1.807) is 12.1 Å². The summed E-state index contributed by atoms with van der Waals surface area (Å²) in [6.07, 6.45) is 0. The second kappa shape index (κ2) is 5.77. The Bertz CT molecular complexity index is 878. The Hall–Kier alpha value is -3.22. The number of H-pyrrole nitrogens is 1. The highest BCUT2D eigenvalue weighted by Crippen LogP contribution is 2.23. The summed E-state index contributed by atoms with van der Waals surface area (Å²) in [4.78, 5) is 55.8. The van der Waals surface area contributed by atoms with Crippen molar-refractivity contribution in [2.75, 3.05) is 0 Å². The van der Waals surface area contributed by atoms with E-state index in [0.29, 0.717) is 10.8 Å². The molecular formula is C17H14N2O5. The predicted octanol–water partition coefficient (Wildman–Crippen LogP) is 1.87. The zero-order valence-electron chi connectivity index (χ0n) is 13.0. The highest BCUT2D eigenvalue weighted by atomic mass is 16.7. The number of hydroxylamine groups is 2. The van der Waals surface area contributed by atoms with Crippen molar-refractivity contribution < 1.29 is 19.2 Å². The number of pyridine rings is 1. The number of hydrogen-bond acceptors (Lipinski definition) is 5. The third kappa shape index (κ3) is 2.60. The van der Waals surface area contributed by atoms with Gasteiger partial charge in [0.05, 0.1) is 16.7 Å². The minimum atomic E-state index is -0.947. The molecule has 0 fully saturated rings. The van der Waals surface area contributed by atoms with Crippen molar-refractivity contribution in [3.05, 3.63) is 69.1 Å². The van der Waals surface area contributed by atoms with Crippen molar-refractivity contribution in [1.29, 1.82) is 0 Å². The summed E-state index contributed by atoms with van der Waals surface area (Å²) in [5.41, 5.74) is 0.402. The third-order valence-electron chi connectivity index (χ3n) is 3.65. The molecule has 0 bridgehead atoms. The number of aromatic amines is 1. The third-order valence-corrected chi connectivity index (χ3v) is 3.65. The highest BCUT2D eigenvalue weighted by molar-refractivity contribution is 6.21. The normalized spacial score (nSPS) is 13.4. The molecule has 0 atom stereocenters. The smallest absolute Gasteiger partial charge is 0.326 e. The van der Waals surface area contributed by atoms with E-state index < -0.39 is 23.3 Å². The quantitative estimate of drug-likeness (QED) is 0.869. The molecule has 2 amide bonds. The average molecular weight is 326 g/mol. The molecule has 7 heteroatoms. The van der Waals surface area contributed by atoms with Crippen LogP contribution in [0.2, 0.25) is 0 Å². The van der Waals surface area contributed by atoms with E-state index in [2.05, 4.69) is 4.98 Å². The van der Waals surface area contributed by atoms with Gasteiger partial charge in [-0.1, -0.05) is 31.0 Å². The Morgan fingerprint density at radius 1 is 1.04 bits per heavy atom. The lowest BCUT2D eigenvalue weighted by Crippen LogP contribution is -2.33. The Kier molecular flexibility index (Phi) is 3.76. The summed E-state index contributed by atoms with van der Waals surface area (Å²) in [6.45, 7) is 3.70. The van der Waals surface area contributed by atoms with Gasteiger partial charge in [0.25, 0.3) is 11.8 Å². The molecule has 0 saturated heterocycles. The summed E-state index contributed by atoms with van der Waals surface area (Å²) in [5, 5.41) is 0.420. The molecule has 1 aliphatic rings. The maximum Gasteiger partial charge on any atom is 0.364 e. The van der Waals surface area contributed by atoms with Crippen molar-refractivity contribution in [2.45, 2.75) is 19.8 Å². The summed E-state index contributed by atoms with van der Waals surface area (Å²) in [5.74, 6) is -2.38. The standard InChI is InChI=1S/C17H14N2O5/c1-9(2)13-7-10(8-14(20)18-13)17(23)24-19-15(21)11-5-3-4-6-12(11)16(19)22/h3-9H,1-2H3,(H,18,20). The van der Waals surface area contributed by atoms with Gasteiger partial charge < -0.3 is 9.82 Å². The van der Waals surface area contributed by atoms with Gasteiger partial charge in [-0.2, -0.15) is 0 Å². The summed E-state index contributed by atoms with van der Waals surface area (Å²) in [7, 11) is 0. The van der Waals surface area contributed by atoms with Crippen LogP contribution < -0.4 is 5.56 Å². The predicted molar refractivity (Wildman–Crippen MR) is 83.5 cm³/mol. The summed E-state index contributed by atoms with van der Waals surface area (Å²) in [6, 6.07) is 8.71. The van der Waals surface area contributed by atoms with Gasteiger partial charge in [-0.15, -0.1) is 0 Å². The molecule has 2 heterocycles. The van der Waals surface area contributed by atoms with E-state index in [9.17, 15) is 19.2 Å². The Morgan fingerprint density at radius 2 is 1.62 bits per heavy atom. The number of nitrogens with one attached hydrogen (secondary N) is 1. The number of imide groups is 1. The van der Waals surface area contributed by atoms with Gasteiger partial charge in [-0.05, 0) is 24.1 Å². The SMILES string of the molecule is CC(C)c1cc(C(=O)ON2C(=O)c3ccccc3C2=O)cc(=O)[nH]1. The van der Waals surface area contributed by atoms with E-state index in [1.165, 1.54) is 18.2 Å². The van der Waals surface area contributed by atoms with Gasteiger partial charge in [0.15, 0.2) is 0 Å². The van der Waals surface area contributed by atoms with Gasteiger partial charge in [-0.25, -0.2) is 4.79 Å². The number of carbonyl (C=O) groups is 3. The van der Waals surface area contributed by atoms with Gasteiger partial charge in [0.1, 0.15) is 0 Å². The molecule has 24 heavy (non-hydrogen) atoms. The van der Waals surface area contributed by atoms with E-state index in [0.717, 1.165) is 6.07 Å². The first-order valence-electron chi connectivity index (χ1n) is 7.33. The first kappa shape index (κ1) is 15.7. The van der Waals surface area contributed by atoms with Crippen LogP contribution in [-0.4, -0.2) is 27.8 Å². The van der Waals surface area contributed by atoms with Gasteiger partial charge >= 0.3 is 5.97 Å². The summed E-state index contributed by atoms with van der Waals surface area (Å²) >= 11 is 0. The molecule has 122 valence electrons. The second-order valence-electron chi connectivity index (χ2n) is 5.67. The van der Waals surface area contributed by atoms with E-state index in [-0.39, 0.29) is 22.6 Å². The molecule has 7 nitrogen and oxygen atoms in total. The molecule has 1 N–H and O–H groups in total. The fraction of sp³-hybridized carbons (Fsp3) is 0.176. The maximum absolute atomic E-state index is 12.2.